The van der Waals surface area contributed by atoms with Gasteiger partial charge in [0.15, 0.2) is 0 Å². The maximum absolute atomic E-state index is 12.4. The Bertz CT molecular complexity index is 692. The van der Waals surface area contributed by atoms with E-state index in [9.17, 15) is 4.79 Å². The first kappa shape index (κ1) is 38.2. The average molecular weight is 595 g/mol. The molecular weight excluding hydrogens is 532 g/mol. The van der Waals surface area contributed by atoms with Gasteiger partial charge in [-0.15, -0.1) is 12.4 Å². The number of halogens is 1. The number of rotatable bonds is 5. The molecule has 38 heavy (non-hydrogen) atoms. The minimum Gasteiger partial charge on any atom is -0.444 e. The fourth-order valence-electron chi connectivity index (χ4n) is 5.51. The molecule has 0 spiro atoms. The summed E-state index contributed by atoms with van der Waals surface area (Å²) in [6.07, 6.45) is 7.30. The molecule has 1 amide bonds. The van der Waals surface area contributed by atoms with Crippen molar-refractivity contribution in [2.24, 2.45) is 29.4 Å². The van der Waals surface area contributed by atoms with Crippen molar-refractivity contribution < 1.29 is 9.53 Å². The summed E-state index contributed by atoms with van der Waals surface area (Å²) in [6.45, 7) is 28.5. The zero-order chi connectivity index (χ0) is 28.9. The molecule has 4 nitrogen and oxygen atoms in total. The number of alkyl carbamates (subject to hydrolysis) is 1. The van der Waals surface area contributed by atoms with E-state index in [1.807, 2.05) is 44.3 Å². The molecule has 2 saturated carbocycles. The van der Waals surface area contributed by atoms with Crippen LogP contribution in [0, 0.1) is 23.7 Å². The summed E-state index contributed by atoms with van der Waals surface area (Å²) >= 11 is 3.96. The van der Waals surface area contributed by atoms with E-state index in [0.717, 1.165) is 11.5 Å². The third-order valence-electron chi connectivity index (χ3n) is 8.38. The summed E-state index contributed by atoms with van der Waals surface area (Å²) in [6, 6.07) is 0. The monoisotopic (exact) mass is 594 g/mol. The van der Waals surface area contributed by atoms with Crippen molar-refractivity contribution in [3.05, 3.63) is 0 Å². The van der Waals surface area contributed by atoms with Gasteiger partial charge in [0.05, 0.1) is 5.54 Å². The molecule has 0 heterocycles. The zero-order valence-electron chi connectivity index (χ0n) is 27.1. The quantitative estimate of drug-likeness (QED) is 0.332. The van der Waals surface area contributed by atoms with Gasteiger partial charge >= 0.3 is 6.09 Å². The highest BCUT2D eigenvalue weighted by atomic mass is 35.5. The normalized spacial score (nSPS) is 32.4. The molecule has 2 aliphatic carbocycles. The van der Waals surface area contributed by atoms with Crippen molar-refractivity contribution in [2.75, 3.05) is 11.5 Å². The molecule has 0 radical (unpaired) electrons. The highest BCUT2D eigenvalue weighted by Crippen LogP contribution is 2.43. The van der Waals surface area contributed by atoms with Crippen LogP contribution in [0.15, 0.2) is 0 Å². The Morgan fingerprint density at radius 1 is 0.763 bits per heavy atom. The first-order valence-corrected chi connectivity index (χ1v) is 16.7. The van der Waals surface area contributed by atoms with Gasteiger partial charge < -0.3 is 15.8 Å². The molecule has 0 bridgehead atoms. The number of hydrogen-bond donors (Lipinski definition) is 2. The fourth-order valence-corrected chi connectivity index (χ4v) is 8.07. The number of hydrogen-bond acceptors (Lipinski definition) is 5. The number of carbonyl (C=O) groups excluding carboxylic acids is 1. The van der Waals surface area contributed by atoms with E-state index in [1.54, 1.807) is 0 Å². The SMILES string of the molecule is C[C@@H]1CCC[C@H](C)C1(CSC(C)(C)C)NC(=O)OC(C)(C)C.C[C@@H]1CCC[C@H](C)C1(N)CSC(C)(C)C.Cl. The maximum Gasteiger partial charge on any atom is 0.408 e. The van der Waals surface area contributed by atoms with Crippen molar-refractivity contribution in [2.45, 2.75) is 155 Å². The highest BCUT2D eigenvalue weighted by molar-refractivity contribution is 8.00. The molecule has 0 aromatic carbocycles. The van der Waals surface area contributed by atoms with E-state index in [4.69, 9.17) is 10.5 Å². The molecule has 0 saturated heterocycles. The summed E-state index contributed by atoms with van der Waals surface area (Å²) in [5.74, 6) is 4.35. The van der Waals surface area contributed by atoms with Crippen molar-refractivity contribution in [3.8, 4) is 0 Å². The van der Waals surface area contributed by atoms with E-state index < -0.39 is 5.60 Å². The van der Waals surface area contributed by atoms with Crippen LogP contribution in [0.25, 0.3) is 0 Å². The molecule has 0 aliphatic heterocycles. The largest absolute Gasteiger partial charge is 0.444 e. The van der Waals surface area contributed by atoms with Gasteiger partial charge in [0, 0.05) is 26.5 Å². The van der Waals surface area contributed by atoms with Crippen LogP contribution in [0.4, 0.5) is 4.79 Å². The molecular formula is C31H63ClN2O2S2. The van der Waals surface area contributed by atoms with E-state index in [1.165, 1.54) is 38.5 Å². The summed E-state index contributed by atoms with van der Waals surface area (Å²) < 4.78 is 6.07. The second-order valence-corrected chi connectivity index (χ2v) is 18.7. The first-order chi connectivity index (χ1) is 16.6. The molecule has 0 aromatic rings. The van der Waals surface area contributed by atoms with Crippen LogP contribution in [-0.2, 0) is 4.74 Å². The lowest BCUT2D eigenvalue weighted by Gasteiger charge is -2.48. The van der Waals surface area contributed by atoms with Crippen LogP contribution >= 0.6 is 35.9 Å². The fraction of sp³-hybridized carbons (Fsp3) is 0.968. The van der Waals surface area contributed by atoms with Crippen LogP contribution in [0.1, 0.15) is 129 Å². The number of carbonyl (C=O) groups is 1. The lowest BCUT2D eigenvalue weighted by molar-refractivity contribution is 0.0310. The van der Waals surface area contributed by atoms with E-state index in [-0.39, 0.29) is 34.3 Å². The Hall–Kier alpha value is 0.220. The molecule has 0 aromatic heterocycles. The number of amides is 1. The molecule has 2 fully saturated rings. The Labute approximate surface area is 251 Å². The third kappa shape index (κ3) is 12.4. The van der Waals surface area contributed by atoms with Crippen LogP contribution in [0.5, 0.6) is 0 Å². The molecule has 2 rings (SSSR count). The Kier molecular flexibility index (Phi) is 15.0. The van der Waals surface area contributed by atoms with Crippen LogP contribution in [-0.4, -0.2) is 43.8 Å². The predicted octanol–water partition coefficient (Wildman–Crippen LogP) is 9.33. The lowest BCUT2D eigenvalue weighted by Crippen LogP contribution is -2.61. The van der Waals surface area contributed by atoms with Gasteiger partial charge in [-0.3, -0.25) is 0 Å². The summed E-state index contributed by atoms with van der Waals surface area (Å²) in [7, 11) is 0. The second kappa shape index (κ2) is 14.9. The summed E-state index contributed by atoms with van der Waals surface area (Å²) in [5, 5.41) is 3.28. The van der Waals surface area contributed by atoms with Crippen molar-refractivity contribution in [1.82, 2.24) is 5.32 Å². The van der Waals surface area contributed by atoms with E-state index in [2.05, 4.69) is 74.6 Å². The van der Waals surface area contributed by atoms with Crippen molar-refractivity contribution in [1.29, 1.82) is 0 Å². The maximum atomic E-state index is 12.4. The topological polar surface area (TPSA) is 64.3 Å². The van der Waals surface area contributed by atoms with Gasteiger partial charge in [-0.2, -0.15) is 23.5 Å². The van der Waals surface area contributed by atoms with Crippen LogP contribution in [0.3, 0.4) is 0 Å². The van der Waals surface area contributed by atoms with Crippen molar-refractivity contribution in [3.63, 3.8) is 0 Å². The van der Waals surface area contributed by atoms with Gasteiger partial charge in [0.2, 0.25) is 0 Å². The smallest absolute Gasteiger partial charge is 0.408 e. The van der Waals surface area contributed by atoms with Gasteiger partial charge in [-0.25, -0.2) is 4.79 Å². The lowest BCUT2D eigenvalue weighted by atomic mass is 9.68. The van der Waals surface area contributed by atoms with E-state index >= 15 is 0 Å². The molecule has 6 atom stereocenters. The zero-order valence-corrected chi connectivity index (χ0v) is 29.5. The Balaban J connectivity index is 0.000000750. The molecule has 7 heteroatoms. The Morgan fingerprint density at radius 3 is 1.50 bits per heavy atom. The average Bonchev–Trinajstić information content (AvgIpc) is 2.71. The number of nitrogens with two attached hydrogens (primary N) is 1. The van der Waals surface area contributed by atoms with Gasteiger partial charge in [-0.1, -0.05) is 82.1 Å². The minimum absolute atomic E-state index is 0. The molecule has 2 aliphatic rings. The Morgan fingerprint density at radius 2 is 1.13 bits per heavy atom. The first-order valence-electron chi connectivity index (χ1n) is 14.7. The molecule has 3 N–H and O–H groups in total. The third-order valence-corrected chi connectivity index (χ3v) is 11.4. The van der Waals surface area contributed by atoms with Gasteiger partial charge in [0.25, 0.3) is 0 Å². The van der Waals surface area contributed by atoms with Gasteiger partial charge in [0.1, 0.15) is 5.60 Å². The van der Waals surface area contributed by atoms with E-state index in [0.29, 0.717) is 28.4 Å². The predicted molar refractivity (Wildman–Crippen MR) is 175 cm³/mol. The molecule has 228 valence electrons. The standard InChI is InChI=1S/C18H35NO2S.C13H27NS.ClH/c1-13-10-9-11-14(2)18(13,12-22-17(6,7)8)19-15(20)21-16(3,4)5;1-10-7-6-8-11(2)13(10,14)9-15-12(3,4)5;/h13-14H,9-12H2,1-8H3,(H,19,20);10-11H,6-9,14H2,1-5H3;1H/t13-,14+,18?;10-,11+,13?;. The van der Waals surface area contributed by atoms with Crippen LogP contribution in [0.2, 0.25) is 0 Å². The summed E-state index contributed by atoms with van der Waals surface area (Å²) in [4.78, 5) is 12.4. The summed E-state index contributed by atoms with van der Waals surface area (Å²) in [5.41, 5.74) is 6.08. The molecule has 2 unspecified atom stereocenters. The minimum atomic E-state index is -0.455. The van der Waals surface area contributed by atoms with Crippen LogP contribution < -0.4 is 11.1 Å². The highest BCUT2D eigenvalue weighted by Gasteiger charge is 2.46. The van der Waals surface area contributed by atoms with Gasteiger partial charge in [-0.05, 0) is 70.1 Å². The van der Waals surface area contributed by atoms with Crippen molar-refractivity contribution >= 4 is 42.0 Å². The number of nitrogens with one attached hydrogen (secondary N) is 1. The number of thioether (sulfide) groups is 2. The number of ether oxygens (including phenoxy) is 1. The second-order valence-electron chi connectivity index (χ2n) is 15.0.